The molecule has 3 aromatic rings. The lowest BCUT2D eigenvalue weighted by molar-refractivity contribution is -0.116. The summed E-state index contributed by atoms with van der Waals surface area (Å²) in [7, 11) is -2.56. The van der Waals surface area contributed by atoms with Crippen LogP contribution in [-0.4, -0.2) is 36.7 Å². The second-order valence-electron chi connectivity index (χ2n) is 6.84. The van der Waals surface area contributed by atoms with Gasteiger partial charge >= 0.3 is 0 Å². The lowest BCUT2D eigenvalue weighted by atomic mass is 10.2. The second-order valence-corrected chi connectivity index (χ2v) is 8.53. The number of aromatic nitrogens is 2. The molecule has 0 saturated heterocycles. The largest absolute Gasteiger partial charge is 0.506 e. The molecule has 0 spiro atoms. The minimum absolute atomic E-state index is 0.0102. The molecule has 0 bridgehead atoms. The van der Waals surface area contributed by atoms with Gasteiger partial charge in [-0.1, -0.05) is 24.2 Å². The highest BCUT2D eigenvalue weighted by Crippen LogP contribution is 2.30. The number of anilines is 2. The number of phenolic OH excluding ortho intramolecular Hbond substituents is 1. The van der Waals surface area contributed by atoms with Gasteiger partial charge in [-0.25, -0.2) is 8.42 Å². The molecule has 0 unspecified atom stereocenters. The summed E-state index contributed by atoms with van der Waals surface area (Å²) in [5.74, 6) is 0.777. The monoisotopic (exact) mass is 460 g/mol. The molecule has 0 aliphatic heterocycles. The molecule has 1 heterocycles. The Kier molecular flexibility index (Phi) is 7.31. The van der Waals surface area contributed by atoms with Gasteiger partial charge in [-0.3, -0.25) is 9.52 Å². The summed E-state index contributed by atoms with van der Waals surface area (Å²) < 4.78 is 38.3. The fourth-order valence-corrected chi connectivity index (χ4v) is 3.96. The number of rotatable bonds is 10. The van der Waals surface area contributed by atoms with Crippen molar-refractivity contribution in [1.29, 1.82) is 0 Å². The van der Waals surface area contributed by atoms with Crippen LogP contribution in [0.4, 0.5) is 11.4 Å². The average Bonchev–Trinajstić information content (AvgIpc) is 3.23. The lowest BCUT2D eigenvalue weighted by Crippen LogP contribution is -2.15. The fraction of sp³-hybridized carbons (Fsp3) is 0.286. The summed E-state index contributed by atoms with van der Waals surface area (Å²) in [6.07, 6.45) is 1.67. The Labute approximate surface area is 185 Å². The SMILES string of the molecule is CCc1noc(CCCC(=O)Nc2cc(S(=O)(=O)Nc3ccccc3OC)ccc2O)n1. The molecule has 0 aliphatic rings. The van der Waals surface area contributed by atoms with Gasteiger partial charge in [0.25, 0.3) is 10.0 Å². The van der Waals surface area contributed by atoms with Crippen LogP contribution in [0.5, 0.6) is 11.5 Å². The molecule has 1 aromatic heterocycles. The maximum atomic E-state index is 12.8. The lowest BCUT2D eigenvalue weighted by Gasteiger charge is -2.13. The zero-order valence-electron chi connectivity index (χ0n) is 17.7. The number of para-hydroxylation sites is 2. The zero-order chi connectivity index (χ0) is 23.1. The Morgan fingerprint density at radius 3 is 2.69 bits per heavy atom. The number of amides is 1. The van der Waals surface area contributed by atoms with Gasteiger partial charge in [0.2, 0.25) is 11.8 Å². The van der Waals surface area contributed by atoms with Crippen molar-refractivity contribution in [3.05, 3.63) is 54.2 Å². The molecule has 1 amide bonds. The molecule has 3 rings (SSSR count). The normalized spacial score (nSPS) is 11.2. The van der Waals surface area contributed by atoms with Gasteiger partial charge in [0.1, 0.15) is 11.5 Å². The summed E-state index contributed by atoms with van der Waals surface area (Å²) >= 11 is 0. The molecule has 0 radical (unpaired) electrons. The molecule has 3 N–H and O–H groups in total. The summed E-state index contributed by atoms with van der Waals surface area (Å²) in [5, 5.41) is 16.4. The third-order valence-corrected chi connectivity index (χ3v) is 5.89. The Bertz CT molecular complexity index is 1190. The van der Waals surface area contributed by atoms with E-state index in [9.17, 15) is 18.3 Å². The maximum absolute atomic E-state index is 12.8. The Morgan fingerprint density at radius 2 is 1.97 bits per heavy atom. The number of hydrogen-bond acceptors (Lipinski definition) is 8. The minimum Gasteiger partial charge on any atom is -0.506 e. The van der Waals surface area contributed by atoms with Crippen molar-refractivity contribution < 1.29 is 27.6 Å². The van der Waals surface area contributed by atoms with Crippen molar-refractivity contribution in [2.75, 3.05) is 17.1 Å². The molecule has 0 saturated carbocycles. The minimum atomic E-state index is -3.99. The van der Waals surface area contributed by atoms with Crippen LogP contribution < -0.4 is 14.8 Å². The van der Waals surface area contributed by atoms with Gasteiger partial charge in [-0.2, -0.15) is 4.98 Å². The predicted octanol–water partition coefficient (Wildman–Crippen LogP) is 3.11. The van der Waals surface area contributed by atoms with Crippen LogP contribution in [0.15, 0.2) is 51.9 Å². The number of sulfonamides is 1. The van der Waals surface area contributed by atoms with E-state index >= 15 is 0 Å². The first-order valence-electron chi connectivity index (χ1n) is 9.92. The van der Waals surface area contributed by atoms with Gasteiger partial charge in [0.05, 0.1) is 23.4 Å². The number of ether oxygens (including phenoxy) is 1. The molecular formula is C21H24N4O6S. The highest BCUT2D eigenvalue weighted by atomic mass is 32.2. The molecule has 0 fully saturated rings. The smallest absolute Gasteiger partial charge is 0.262 e. The van der Waals surface area contributed by atoms with Gasteiger partial charge < -0.3 is 19.7 Å². The van der Waals surface area contributed by atoms with Crippen LogP contribution in [0.25, 0.3) is 0 Å². The van der Waals surface area contributed by atoms with E-state index in [2.05, 4.69) is 20.2 Å². The third kappa shape index (κ3) is 5.76. The van der Waals surface area contributed by atoms with Gasteiger partial charge in [-0.05, 0) is 36.8 Å². The number of nitrogens with one attached hydrogen (secondary N) is 2. The summed E-state index contributed by atoms with van der Waals surface area (Å²) in [6.45, 7) is 1.91. The number of methoxy groups -OCH3 is 1. The van der Waals surface area contributed by atoms with Crippen molar-refractivity contribution in [3.63, 3.8) is 0 Å². The maximum Gasteiger partial charge on any atom is 0.262 e. The Balaban J connectivity index is 1.66. The zero-order valence-corrected chi connectivity index (χ0v) is 18.5. The fourth-order valence-electron chi connectivity index (χ4n) is 2.86. The van der Waals surface area contributed by atoms with E-state index in [-0.39, 0.29) is 34.3 Å². The molecule has 0 aliphatic carbocycles. The summed E-state index contributed by atoms with van der Waals surface area (Å²) in [4.78, 5) is 16.3. The van der Waals surface area contributed by atoms with Gasteiger partial charge in [-0.15, -0.1) is 0 Å². The molecule has 11 heteroatoms. The van der Waals surface area contributed by atoms with E-state index in [1.165, 1.54) is 25.3 Å². The number of aromatic hydroxyl groups is 1. The van der Waals surface area contributed by atoms with Crippen molar-refractivity contribution in [1.82, 2.24) is 10.1 Å². The number of hydrogen-bond donors (Lipinski definition) is 3. The summed E-state index contributed by atoms with van der Waals surface area (Å²) in [5.41, 5.74) is 0.255. The van der Waals surface area contributed by atoms with Crippen LogP contribution in [0.3, 0.4) is 0 Å². The van der Waals surface area contributed by atoms with E-state index < -0.39 is 10.0 Å². The van der Waals surface area contributed by atoms with Crippen molar-refractivity contribution in [2.45, 2.75) is 37.5 Å². The molecule has 10 nitrogen and oxygen atoms in total. The Hall–Kier alpha value is -3.60. The van der Waals surface area contributed by atoms with E-state index in [1.807, 2.05) is 6.92 Å². The van der Waals surface area contributed by atoms with Crippen LogP contribution in [0.2, 0.25) is 0 Å². The quantitative estimate of drug-likeness (QED) is 0.392. The molecule has 2 aromatic carbocycles. The predicted molar refractivity (Wildman–Crippen MR) is 117 cm³/mol. The van der Waals surface area contributed by atoms with E-state index in [4.69, 9.17) is 9.26 Å². The second kappa shape index (κ2) is 10.1. The molecule has 32 heavy (non-hydrogen) atoms. The topological polar surface area (TPSA) is 144 Å². The van der Waals surface area contributed by atoms with E-state index in [0.717, 1.165) is 0 Å². The molecular weight excluding hydrogens is 436 g/mol. The first-order chi connectivity index (χ1) is 15.3. The first-order valence-corrected chi connectivity index (χ1v) is 11.4. The number of carbonyl (C=O) groups excluding carboxylic acids is 1. The van der Waals surface area contributed by atoms with Crippen molar-refractivity contribution >= 4 is 27.3 Å². The van der Waals surface area contributed by atoms with E-state index in [0.29, 0.717) is 36.7 Å². The van der Waals surface area contributed by atoms with Gasteiger partial charge in [0.15, 0.2) is 5.82 Å². The highest BCUT2D eigenvalue weighted by molar-refractivity contribution is 7.92. The van der Waals surface area contributed by atoms with Crippen molar-refractivity contribution in [2.24, 2.45) is 0 Å². The molecule has 170 valence electrons. The van der Waals surface area contributed by atoms with Crippen LogP contribution in [0.1, 0.15) is 31.5 Å². The molecule has 0 atom stereocenters. The van der Waals surface area contributed by atoms with Gasteiger partial charge in [0, 0.05) is 19.3 Å². The highest BCUT2D eigenvalue weighted by Gasteiger charge is 2.19. The standard InChI is InChI=1S/C21H24N4O6S/c1-3-19-23-21(31-24-19)10-6-9-20(27)22-16-13-14(11-12-17(16)26)32(28,29)25-15-7-4-5-8-18(15)30-2/h4-5,7-8,11-13,25-26H,3,6,9-10H2,1-2H3,(H,22,27). The summed E-state index contributed by atoms with van der Waals surface area (Å²) in [6, 6.07) is 10.2. The number of aryl methyl sites for hydroxylation is 2. The Morgan fingerprint density at radius 1 is 1.19 bits per heavy atom. The van der Waals surface area contributed by atoms with Crippen LogP contribution in [0, 0.1) is 0 Å². The number of benzene rings is 2. The first kappa shape index (κ1) is 23.1. The number of carbonyl (C=O) groups is 1. The van der Waals surface area contributed by atoms with E-state index in [1.54, 1.807) is 24.3 Å². The van der Waals surface area contributed by atoms with Crippen LogP contribution >= 0.6 is 0 Å². The van der Waals surface area contributed by atoms with Crippen LogP contribution in [-0.2, 0) is 27.7 Å². The number of phenols is 1. The average molecular weight is 461 g/mol. The number of nitrogens with zero attached hydrogens (tertiary/aromatic N) is 2. The van der Waals surface area contributed by atoms with Crippen molar-refractivity contribution in [3.8, 4) is 11.5 Å². The third-order valence-electron chi connectivity index (χ3n) is 4.52.